The average molecular weight is 364 g/mol. The molecular weight excluding hydrogens is 344 g/mol. The summed E-state index contributed by atoms with van der Waals surface area (Å²) >= 11 is 0. The van der Waals surface area contributed by atoms with Crippen LogP contribution >= 0.6 is 0 Å². The highest BCUT2D eigenvalue weighted by atomic mass is 32.2. The molecule has 0 unspecified atom stereocenters. The van der Waals surface area contributed by atoms with E-state index in [1.54, 1.807) is 54.3 Å². The third kappa shape index (κ3) is 3.67. The first kappa shape index (κ1) is 17.4. The second kappa shape index (κ2) is 7.24. The maximum absolute atomic E-state index is 12.8. The van der Waals surface area contributed by atoms with Crippen molar-refractivity contribution in [2.24, 2.45) is 0 Å². The Labute approximate surface area is 146 Å². The van der Waals surface area contributed by atoms with Crippen LogP contribution in [0.2, 0.25) is 0 Å². The molecule has 0 saturated carbocycles. The summed E-state index contributed by atoms with van der Waals surface area (Å²) in [6.07, 6.45) is 3.05. The monoisotopic (exact) mass is 364 g/mol. The third-order valence-corrected chi connectivity index (χ3v) is 5.92. The number of hydrogen-bond donors (Lipinski definition) is 0. The van der Waals surface area contributed by atoms with Gasteiger partial charge in [0.05, 0.1) is 17.2 Å². The summed E-state index contributed by atoms with van der Waals surface area (Å²) < 4.78 is 33.5. The minimum atomic E-state index is -3.58. The lowest BCUT2D eigenvalue weighted by molar-refractivity contribution is 0.0934. The number of amides is 1. The number of sulfonamides is 1. The normalized spacial score (nSPS) is 16.0. The Hall–Kier alpha value is -2.39. The highest BCUT2D eigenvalue weighted by Gasteiger charge is 2.30. The molecule has 1 amide bonds. The third-order valence-electron chi connectivity index (χ3n) is 4.01. The van der Waals surface area contributed by atoms with E-state index >= 15 is 0 Å². The molecule has 25 heavy (non-hydrogen) atoms. The molecule has 0 spiro atoms. The van der Waals surface area contributed by atoms with E-state index in [9.17, 15) is 13.2 Å². The number of nitrogens with zero attached hydrogens (tertiary/aromatic N) is 4. The van der Waals surface area contributed by atoms with Crippen molar-refractivity contribution in [3.8, 4) is 5.69 Å². The summed E-state index contributed by atoms with van der Waals surface area (Å²) in [7, 11) is -3.58. The van der Waals surface area contributed by atoms with Crippen LogP contribution < -0.4 is 0 Å². The van der Waals surface area contributed by atoms with E-state index in [0.717, 1.165) is 5.69 Å². The molecule has 8 nitrogen and oxygen atoms in total. The summed E-state index contributed by atoms with van der Waals surface area (Å²) in [5, 5.41) is 4.12. The smallest absolute Gasteiger partial charge is 0.409 e. The highest BCUT2D eigenvalue weighted by Crippen LogP contribution is 2.19. The molecule has 2 aromatic rings. The predicted molar refractivity (Wildman–Crippen MR) is 90.9 cm³/mol. The van der Waals surface area contributed by atoms with E-state index in [-0.39, 0.29) is 18.0 Å². The lowest BCUT2D eigenvalue weighted by Gasteiger charge is -2.33. The summed E-state index contributed by atoms with van der Waals surface area (Å²) in [6, 6.07) is 8.38. The van der Waals surface area contributed by atoms with Gasteiger partial charge in [-0.25, -0.2) is 17.9 Å². The lowest BCUT2D eigenvalue weighted by Crippen LogP contribution is -2.50. The van der Waals surface area contributed by atoms with Gasteiger partial charge in [-0.2, -0.15) is 9.40 Å². The molecule has 1 aliphatic heterocycles. The number of piperazine rings is 1. The van der Waals surface area contributed by atoms with Crippen LogP contribution in [0, 0.1) is 0 Å². The Morgan fingerprint density at radius 3 is 2.40 bits per heavy atom. The van der Waals surface area contributed by atoms with Crippen LogP contribution in [-0.2, 0) is 14.8 Å². The number of carbonyl (C=O) groups is 1. The molecule has 0 radical (unpaired) electrons. The van der Waals surface area contributed by atoms with Gasteiger partial charge in [-0.3, -0.25) is 0 Å². The summed E-state index contributed by atoms with van der Waals surface area (Å²) in [4.78, 5) is 13.5. The quantitative estimate of drug-likeness (QED) is 0.817. The Morgan fingerprint density at radius 1 is 1.16 bits per heavy atom. The molecule has 2 heterocycles. The van der Waals surface area contributed by atoms with Crippen molar-refractivity contribution in [1.29, 1.82) is 0 Å². The van der Waals surface area contributed by atoms with Gasteiger partial charge in [0.1, 0.15) is 0 Å². The van der Waals surface area contributed by atoms with Gasteiger partial charge < -0.3 is 9.64 Å². The molecule has 9 heteroatoms. The van der Waals surface area contributed by atoms with Crippen molar-refractivity contribution < 1.29 is 17.9 Å². The fourth-order valence-corrected chi connectivity index (χ4v) is 4.09. The summed E-state index contributed by atoms with van der Waals surface area (Å²) in [5.74, 6) is 0. The van der Waals surface area contributed by atoms with Gasteiger partial charge in [0.25, 0.3) is 0 Å². The molecular formula is C16H20N4O4S. The Kier molecular flexibility index (Phi) is 5.05. The van der Waals surface area contributed by atoms with E-state index in [1.807, 2.05) is 0 Å². The molecule has 0 atom stereocenters. The zero-order valence-corrected chi connectivity index (χ0v) is 14.7. The molecule has 1 aliphatic rings. The molecule has 1 aromatic heterocycles. The van der Waals surface area contributed by atoms with Crippen molar-refractivity contribution in [1.82, 2.24) is 19.0 Å². The zero-order chi connectivity index (χ0) is 17.9. The van der Waals surface area contributed by atoms with Crippen molar-refractivity contribution in [2.75, 3.05) is 32.8 Å². The van der Waals surface area contributed by atoms with Gasteiger partial charge in [-0.15, -0.1) is 0 Å². The Morgan fingerprint density at radius 2 is 1.84 bits per heavy atom. The molecule has 3 rings (SSSR count). The number of ether oxygens (including phenoxy) is 1. The predicted octanol–water partition coefficient (Wildman–Crippen LogP) is 1.34. The maximum Gasteiger partial charge on any atom is 0.409 e. The second-order valence-electron chi connectivity index (χ2n) is 5.53. The molecule has 1 fully saturated rings. The van der Waals surface area contributed by atoms with Crippen molar-refractivity contribution >= 4 is 16.1 Å². The van der Waals surface area contributed by atoms with Gasteiger partial charge in [0, 0.05) is 38.6 Å². The van der Waals surface area contributed by atoms with Gasteiger partial charge >= 0.3 is 6.09 Å². The topological polar surface area (TPSA) is 84.7 Å². The van der Waals surface area contributed by atoms with Gasteiger partial charge in [-0.05, 0) is 37.3 Å². The first-order chi connectivity index (χ1) is 12.0. The number of carbonyl (C=O) groups excluding carboxylic acids is 1. The number of rotatable bonds is 4. The largest absolute Gasteiger partial charge is 0.450 e. The minimum absolute atomic E-state index is 0.230. The van der Waals surface area contributed by atoms with Crippen LogP contribution in [0.4, 0.5) is 4.79 Å². The van der Waals surface area contributed by atoms with E-state index in [1.165, 1.54) is 9.21 Å². The van der Waals surface area contributed by atoms with Crippen LogP contribution in [0.3, 0.4) is 0 Å². The number of aromatic nitrogens is 2. The first-order valence-electron chi connectivity index (χ1n) is 8.04. The van der Waals surface area contributed by atoms with Crippen molar-refractivity contribution in [3.63, 3.8) is 0 Å². The molecule has 0 aliphatic carbocycles. The second-order valence-corrected chi connectivity index (χ2v) is 7.47. The maximum atomic E-state index is 12.8. The molecule has 1 saturated heterocycles. The Balaban J connectivity index is 1.69. The summed E-state index contributed by atoms with van der Waals surface area (Å²) in [5.41, 5.74) is 0.788. The van der Waals surface area contributed by atoms with Gasteiger partial charge in [0.15, 0.2) is 0 Å². The molecule has 0 N–H and O–H groups in total. The van der Waals surface area contributed by atoms with Gasteiger partial charge in [-0.1, -0.05) is 0 Å². The van der Waals surface area contributed by atoms with Crippen LogP contribution in [-0.4, -0.2) is 66.3 Å². The van der Waals surface area contributed by atoms with Gasteiger partial charge in [0.2, 0.25) is 10.0 Å². The number of hydrogen-bond acceptors (Lipinski definition) is 5. The fraction of sp³-hybridized carbons (Fsp3) is 0.375. The minimum Gasteiger partial charge on any atom is -0.450 e. The first-order valence-corrected chi connectivity index (χ1v) is 9.48. The average Bonchev–Trinajstić information content (AvgIpc) is 3.17. The molecule has 0 bridgehead atoms. The molecule has 134 valence electrons. The van der Waals surface area contributed by atoms with E-state index in [4.69, 9.17) is 4.74 Å². The van der Waals surface area contributed by atoms with Crippen molar-refractivity contribution in [2.45, 2.75) is 11.8 Å². The fourth-order valence-electron chi connectivity index (χ4n) is 2.67. The van der Waals surface area contributed by atoms with E-state index in [2.05, 4.69) is 5.10 Å². The zero-order valence-electron chi connectivity index (χ0n) is 13.9. The SMILES string of the molecule is CCOC(=O)N1CCN(S(=O)(=O)c2ccc(-n3cccn3)cc2)CC1. The lowest BCUT2D eigenvalue weighted by atomic mass is 10.3. The standard InChI is InChI=1S/C16H20N4O4S/c1-2-24-16(21)18-10-12-19(13-11-18)25(22,23)15-6-4-14(5-7-15)20-9-3-8-17-20/h3-9H,2,10-13H2,1H3. The number of benzene rings is 1. The van der Waals surface area contributed by atoms with E-state index < -0.39 is 16.1 Å². The van der Waals surface area contributed by atoms with Crippen LogP contribution in [0.1, 0.15) is 6.92 Å². The van der Waals surface area contributed by atoms with Crippen LogP contribution in [0.5, 0.6) is 0 Å². The van der Waals surface area contributed by atoms with Crippen LogP contribution in [0.15, 0.2) is 47.6 Å². The van der Waals surface area contributed by atoms with Crippen molar-refractivity contribution in [3.05, 3.63) is 42.7 Å². The summed E-state index contributed by atoms with van der Waals surface area (Å²) in [6.45, 7) is 3.20. The molecule has 1 aromatic carbocycles. The van der Waals surface area contributed by atoms with E-state index in [0.29, 0.717) is 19.7 Å². The Bertz CT molecular complexity index is 810. The highest BCUT2D eigenvalue weighted by molar-refractivity contribution is 7.89. The van der Waals surface area contributed by atoms with Crippen LogP contribution in [0.25, 0.3) is 5.69 Å².